The molecular weight excluding hydrogens is 353 g/mol. The number of thiophene rings is 1. The van der Waals surface area contributed by atoms with E-state index in [1.54, 1.807) is 11.3 Å². The summed E-state index contributed by atoms with van der Waals surface area (Å²) in [5, 5.41) is 7.50. The minimum atomic E-state index is -4.73. The molecule has 0 spiro atoms. The van der Waals surface area contributed by atoms with Gasteiger partial charge in [-0.05, 0) is 35.7 Å². The molecule has 2 aromatic rings. The van der Waals surface area contributed by atoms with Gasteiger partial charge >= 0.3 is 6.36 Å². The maximum absolute atomic E-state index is 12.0. The Balaban J connectivity index is 0.00000264. The number of hydrogen-bond acceptors (Lipinski definition) is 4. The quantitative estimate of drug-likeness (QED) is 0.778. The summed E-state index contributed by atoms with van der Waals surface area (Å²) in [6, 6.07) is 8.85. The van der Waals surface area contributed by atoms with Crippen molar-refractivity contribution >= 4 is 22.9 Å². The summed E-state index contributed by atoms with van der Waals surface area (Å²) in [6.07, 6.45) is -4.73. The van der Waals surface area contributed by atoms with Crippen LogP contribution in [0.2, 0.25) is 0 Å². The molecule has 2 N–H and O–H groups in total. The van der Waals surface area contributed by atoms with Crippen molar-refractivity contribution in [3.05, 3.63) is 46.7 Å². The Morgan fingerprint density at radius 3 is 2.43 bits per heavy atom. The molecule has 0 radical (unpaired) electrons. The van der Waals surface area contributed by atoms with E-state index in [1.807, 2.05) is 17.5 Å². The molecule has 0 bridgehead atoms. The fourth-order valence-corrected chi connectivity index (χ4v) is 2.33. The van der Waals surface area contributed by atoms with E-state index >= 15 is 0 Å². The summed E-state index contributed by atoms with van der Waals surface area (Å²) in [5.41, 5.74) is 0.400. The number of halogens is 4. The Morgan fingerprint density at radius 2 is 1.87 bits per heavy atom. The summed E-state index contributed by atoms with van der Waals surface area (Å²) in [6.45, 7) is 0.697. The Morgan fingerprint density at radius 1 is 1.17 bits per heavy atom. The molecule has 0 fully saturated rings. The maximum Gasteiger partial charge on any atom is 0.573 e. The number of rotatable bonds is 6. The number of nitrogens with one attached hydrogen (secondary N) is 2. The molecule has 1 amide bonds. The second-order valence-electron chi connectivity index (χ2n) is 4.30. The van der Waals surface area contributed by atoms with Gasteiger partial charge in [0, 0.05) is 17.1 Å². The SMILES string of the molecule is O=C(CNCc1cccs1)Nc1ccc(OC(F)(F)F)cc1.[Cl-]. The molecule has 9 heteroatoms. The second kappa shape index (κ2) is 8.76. The van der Waals surface area contributed by atoms with Crippen LogP contribution in [0.15, 0.2) is 41.8 Å². The van der Waals surface area contributed by atoms with Crippen LogP contribution in [-0.4, -0.2) is 18.8 Å². The van der Waals surface area contributed by atoms with Crippen molar-refractivity contribution in [2.45, 2.75) is 12.9 Å². The third-order valence-corrected chi connectivity index (χ3v) is 3.41. The van der Waals surface area contributed by atoms with Crippen molar-refractivity contribution in [1.29, 1.82) is 0 Å². The number of anilines is 1. The van der Waals surface area contributed by atoms with E-state index in [-0.39, 0.29) is 30.6 Å². The van der Waals surface area contributed by atoms with Crippen LogP contribution in [0.25, 0.3) is 0 Å². The predicted molar refractivity (Wildman–Crippen MR) is 77.8 cm³/mol. The average molecular weight is 366 g/mol. The van der Waals surface area contributed by atoms with Gasteiger partial charge in [-0.3, -0.25) is 4.79 Å². The van der Waals surface area contributed by atoms with Gasteiger partial charge < -0.3 is 27.8 Å². The van der Waals surface area contributed by atoms with E-state index in [2.05, 4.69) is 15.4 Å². The van der Waals surface area contributed by atoms with Crippen LogP contribution in [0.5, 0.6) is 5.75 Å². The Labute approximate surface area is 141 Å². The Bertz CT molecular complexity index is 603. The molecule has 1 aromatic heterocycles. The van der Waals surface area contributed by atoms with Crippen LogP contribution < -0.4 is 27.8 Å². The lowest BCUT2D eigenvalue weighted by atomic mass is 10.3. The molecule has 23 heavy (non-hydrogen) atoms. The molecular formula is C14H13ClF3N2O2S-. The molecule has 0 saturated carbocycles. The van der Waals surface area contributed by atoms with Crippen LogP contribution >= 0.6 is 11.3 Å². The van der Waals surface area contributed by atoms with Gasteiger partial charge in [-0.1, -0.05) is 6.07 Å². The summed E-state index contributed by atoms with van der Waals surface area (Å²) in [4.78, 5) is 12.8. The van der Waals surface area contributed by atoms with Gasteiger partial charge in [-0.15, -0.1) is 24.5 Å². The predicted octanol–water partition coefficient (Wildman–Crippen LogP) is 0.379. The van der Waals surface area contributed by atoms with E-state index < -0.39 is 6.36 Å². The minimum absolute atomic E-state index is 0. The first kappa shape index (κ1) is 19.3. The topological polar surface area (TPSA) is 50.4 Å². The number of carbonyl (C=O) groups is 1. The number of hydrogen-bond donors (Lipinski definition) is 2. The summed E-state index contributed by atoms with van der Waals surface area (Å²) in [5.74, 6) is -0.609. The van der Waals surface area contributed by atoms with Gasteiger partial charge in [0.15, 0.2) is 0 Å². The van der Waals surface area contributed by atoms with Gasteiger partial charge in [-0.2, -0.15) is 0 Å². The highest BCUT2D eigenvalue weighted by atomic mass is 35.5. The highest BCUT2D eigenvalue weighted by Gasteiger charge is 2.30. The third kappa shape index (κ3) is 7.36. The molecule has 0 aliphatic rings. The highest BCUT2D eigenvalue weighted by molar-refractivity contribution is 7.09. The standard InChI is InChI=1S/C14H13F3N2O2S.ClH/c15-14(16,17)21-11-5-3-10(4-6-11)19-13(20)9-18-8-12-2-1-7-22-12;/h1-7,18H,8-9H2,(H,19,20);1H/p-1. The van der Waals surface area contributed by atoms with Gasteiger partial charge in [0.25, 0.3) is 0 Å². The van der Waals surface area contributed by atoms with Crippen LogP contribution in [0.1, 0.15) is 4.88 Å². The maximum atomic E-state index is 12.0. The van der Waals surface area contributed by atoms with Crippen LogP contribution in [-0.2, 0) is 11.3 Å². The van der Waals surface area contributed by atoms with Crippen molar-refractivity contribution in [3.63, 3.8) is 0 Å². The molecule has 2 rings (SSSR count). The lowest BCUT2D eigenvalue weighted by Crippen LogP contribution is -3.00. The number of ether oxygens (including phenoxy) is 1. The van der Waals surface area contributed by atoms with Gasteiger partial charge in [0.05, 0.1) is 6.54 Å². The molecule has 1 heterocycles. The zero-order valence-electron chi connectivity index (χ0n) is 11.7. The lowest BCUT2D eigenvalue weighted by molar-refractivity contribution is -0.274. The fourth-order valence-electron chi connectivity index (χ4n) is 1.66. The normalized spacial score (nSPS) is 10.7. The number of amides is 1. The van der Waals surface area contributed by atoms with E-state index in [0.717, 1.165) is 17.0 Å². The Hall–Kier alpha value is -1.77. The summed E-state index contributed by atoms with van der Waals surface area (Å²) >= 11 is 1.58. The van der Waals surface area contributed by atoms with Crippen LogP contribution in [0.4, 0.5) is 18.9 Å². The first-order valence-electron chi connectivity index (χ1n) is 6.31. The lowest BCUT2D eigenvalue weighted by Gasteiger charge is -2.10. The van der Waals surface area contributed by atoms with E-state index in [9.17, 15) is 18.0 Å². The van der Waals surface area contributed by atoms with Crippen molar-refractivity contribution < 1.29 is 35.1 Å². The zero-order valence-corrected chi connectivity index (χ0v) is 13.3. The minimum Gasteiger partial charge on any atom is -1.00 e. The average Bonchev–Trinajstić information content (AvgIpc) is 2.92. The fraction of sp³-hybridized carbons (Fsp3) is 0.214. The largest absolute Gasteiger partial charge is 1.00 e. The monoisotopic (exact) mass is 365 g/mol. The van der Waals surface area contributed by atoms with E-state index in [4.69, 9.17) is 0 Å². The smallest absolute Gasteiger partial charge is 0.573 e. The van der Waals surface area contributed by atoms with Gasteiger partial charge in [-0.25, -0.2) is 0 Å². The van der Waals surface area contributed by atoms with Crippen LogP contribution in [0, 0.1) is 0 Å². The summed E-state index contributed by atoms with van der Waals surface area (Å²) < 4.78 is 39.8. The first-order chi connectivity index (χ1) is 10.4. The zero-order chi connectivity index (χ0) is 16.0. The molecule has 0 saturated heterocycles. The molecule has 0 unspecified atom stereocenters. The van der Waals surface area contributed by atoms with E-state index in [1.165, 1.54) is 12.1 Å². The molecule has 1 aromatic carbocycles. The first-order valence-corrected chi connectivity index (χ1v) is 7.19. The molecule has 0 aliphatic heterocycles. The van der Waals surface area contributed by atoms with Crippen molar-refractivity contribution in [2.24, 2.45) is 0 Å². The van der Waals surface area contributed by atoms with Crippen molar-refractivity contribution in [3.8, 4) is 5.75 Å². The Kier molecular flexibility index (Phi) is 7.34. The third-order valence-electron chi connectivity index (χ3n) is 2.54. The molecule has 0 atom stereocenters. The van der Waals surface area contributed by atoms with E-state index in [0.29, 0.717) is 12.2 Å². The number of carbonyl (C=O) groups excluding carboxylic acids is 1. The van der Waals surface area contributed by atoms with Gasteiger partial charge in [0.1, 0.15) is 5.75 Å². The molecule has 126 valence electrons. The number of benzene rings is 1. The highest BCUT2D eigenvalue weighted by Crippen LogP contribution is 2.23. The summed E-state index contributed by atoms with van der Waals surface area (Å²) in [7, 11) is 0. The number of alkyl halides is 3. The molecule has 4 nitrogen and oxygen atoms in total. The van der Waals surface area contributed by atoms with Crippen molar-refractivity contribution in [1.82, 2.24) is 5.32 Å². The molecule has 0 aliphatic carbocycles. The van der Waals surface area contributed by atoms with Gasteiger partial charge in [0.2, 0.25) is 5.91 Å². The van der Waals surface area contributed by atoms with Crippen molar-refractivity contribution in [2.75, 3.05) is 11.9 Å². The second-order valence-corrected chi connectivity index (χ2v) is 5.34. The van der Waals surface area contributed by atoms with Crippen LogP contribution in [0.3, 0.4) is 0 Å².